The molecule has 0 saturated heterocycles. The summed E-state index contributed by atoms with van der Waals surface area (Å²) in [5.74, 6) is -3.35. The normalized spacial score (nSPS) is 48.1. The highest BCUT2D eigenvalue weighted by Gasteiger charge is 2.67. The first kappa shape index (κ1) is 20.6. The van der Waals surface area contributed by atoms with E-state index < -0.39 is 23.9 Å². The lowest BCUT2D eigenvalue weighted by Gasteiger charge is -2.62. The number of carbonyl (C=O) groups is 1. The van der Waals surface area contributed by atoms with Gasteiger partial charge in [0.15, 0.2) is 6.10 Å². The summed E-state index contributed by atoms with van der Waals surface area (Å²) >= 11 is 0. The van der Waals surface area contributed by atoms with E-state index in [4.69, 9.17) is 0 Å². The number of fused-ring (bicyclic) bond motifs is 5. The molecule has 4 fully saturated rings. The quantitative estimate of drug-likeness (QED) is 0.664. The lowest BCUT2D eigenvalue weighted by molar-refractivity contribution is -0.232. The Labute approximate surface area is 167 Å². The Balaban J connectivity index is 1.61. The maximum Gasteiger partial charge on any atom is 0.334 e. The second-order valence-corrected chi connectivity index (χ2v) is 10.7. The van der Waals surface area contributed by atoms with Gasteiger partial charge in [-0.05, 0) is 79.4 Å². The van der Waals surface area contributed by atoms with E-state index in [2.05, 4.69) is 18.6 Å². The molecule has 4 rings (SSSR count). The van der Waals surface area contributed by atoms with Crippen LogP contribution in [0.2, 0.25) is 0 Å². The Morgan fingerprint density at radius 3 is 2.50 bits per heavy atom. The van der Waals surface area contributed by atoms with Crippen LogP contribution in [0.1, 0.15) is 78.1 Å². The van der Waals surface area contributed by atoms with Crippen molar-refractivity contribution in [2.24, 2.45) is 40.4 Å². The molecule has 0 spiro atoms. The molecular formula is C23H36F2O3. The summed E-state index contributed by atoms with van der Waals surface area (Å²) in [5, 5.41) is 10.2. The summed E-state index contributed by atoms with van der Waals surface area (Å²) in [5.41, 5.74) is -0.146. The lowest BCUT2D eigenvalue weighted by Crippen LogP contribution is -2.60. The maximum atomic E-state index is 15.5. The first-order valence-corrected chi connectivity index (χ1v) is 11.3. The molecule has 8 atom stereocenters. The van der Waals surface area contributed by atoms with Crippen molar-refractivity contribution in [2.45, 2.75) is 90.1 Å². The third-order valence-electron chi connectivity index (χ3n) is 9.75. The van der Waals surface area contributed by atoms with Crippen LogP contribution >= 0.6 is 0 Å². The zero-order valence-corrected chi connectivity index (χ0v) is 17.6. The van der Waals surface area contributed by atoms with Crippen LogP contribution < -0.4 is 0 Å². The number of rotatable bonds is 3. The standard InChI is InChI=1S/C23H36F2O3/c1-21-10-5-4-6-15(21)13-23(24,25)19-16-8-7-14(12-18(26)20(27)28-3)22(16,2)11-9-17(19)21/h14-19,26H,4-13H2,1-3H3. The maximum absolute atomic E-state index is 15.5. The highest BCUT2D eigenvalue weighted by atomic mass is 19.3. The predicted molar refractivity (Wildman–Crippen MR) is 103 cm³/mol. The molecule has 0 aromatic heterocycles. The molecule has 0 amide bonds. The molecule has 3 nitrogen and oxygen atoms in total. The number of alkyl halides is 2. The molecule has 4 aliphatic carbocycles. The lowest BCUT2D eigenvalue weighted by atomic mass is 9.44. The highest BCUT2D eigenvalue weighted by Crippen LogP contribution is 2.70. The number of esters is 1. The van der Waals surface area contributed by atoms with Crippen LogP contribution in [0.25, 0.3) is 0 Å². The molecule has 4 saturated carbocycles. The minimum absolute atomic E-state index is 0.00389. The van der Waals surface area contributed by atoms with Crippen LogP contribution in [0.5, 0.6) is 0 Å². The van der Waals surface area contributed by atoms with Gasteiger partial charge in [-0.3, -0.25) is 0 Å². The van der Waals surface area contributed by atoms with Gasteiger partial charge in [0.05, 0.1) is 7.11 Å². The fraction of sp³-hybridized carbons (Fsp3) is 0.957. The average Bonchev–Trinajstić information content (AvgIpc) is 2.97. The van der Waals surface area contributed by atoms with Crippen LogP contribution in [0, 0.1) is 40.4 Å². The Kier molecular flexibility index (Phi) is 5.08. The summed E-state index contributed by atoms with van der Waals surface area (Å²) in [6.07, 6.45) is 7.03. The van der Waals surface area contributed by atoms with Crippen molar-refractivity contribution in [2.75, 3.05) is 7.11 Å². The fourth-order valence-electron chi connectivity index (χ4n) is 8.18. The average molecular weight is 399 g/mol. The minimum Gasteiger partial charge on any atom is -0.467 e. The van der Waals surface area contributed by atoms with Gasteiger partial charge < -0.3 is 9.84 Å². The number of methoxy groups -OCH3 is 1. The molecule has 0 heterocycles. The Morgan fingerprint density at radius 2 is 1.79 bits per heavy atom. The van der Waals surface area contributed by atoms with E-state index in [1.54, 1.807) is 0 Å². The van der Waals surface area contributed by atoms with Crippen molar-refractivity contribution in [3.05, 3.63) is 0 Å². The SMILES string of the molecule is COC(=O)C(O)CC1CCC2C3C(CCC12C)C1(C)CCCCC1CC3(F)F. The number of ether oxygens (including phenoxy) is 1. The van der Waals surface area contributed by atoms with E-state index in [1.165, 1.54) is 13.5 Å². The van der Waals surface area contributed by atoms with E-state index in [0.717, 1.165) is 44.9 Å². The van der Waals surface area contributed by atoms with Crippen molar-refractivity contribution >= 4 is 5.97 Å². The number of aliphatic hydroxyl groups excluding tert-OH is 1. The molecule has 0 aliphatic heterocycles. The first-order valence-electron chi connectivity index (χ1n) is 11.3. The van der Waals surface area contributed by atoms with Crippen molar-refractivity contribution in [1.29, 1.82) is 0 Å². The molecule has 4 aliphatic rings. The van der Waals surface area contributed by atoms with Crippen LogP contribution in [0.3, 0.4) is 0 Å². The molecule has 1 N–H and O–H groups in total. The zero-order valence-electron chi connectivity index (χ0n) is 17.6. The van der Waals surface area contributed by atoms with Crippen LogP contribution in [-0.2, 0) is 9.53 Å². The van der Waals surface area contributed by atoms with Crippen LogP contribution in [0.15, 0.2) is 0 Å². The van der Waals surface area contributed by atoms with Gasteiger partial charge in [0.2, 0.25) is 0 Å². The number of aliphatic hydroxyl groups is 1. The van der Waals surface area contributed by atoms with Gasteiger partial charge in [0, 0.05) is 12.3 Å². The van der Waals surface area contributed by atoms with E-state index >= 15 is 8.78 Å². The highest BCUT2D eigenvalue weighted by molar-refractivity contribution is 5.74. The van der Waals surface area contributed by atoms with E-state index in [0.29, 0.717) is 6.42 Å². The minimum atomic E-state index is -2.59. The van der Waals surface area contributed by atoms with Gasteiger partial charge in [0.25, 0.3) is 5.92 Å². The van der Waals surface area contributed by atoms with Gasteiger partial charge >= 0.3 is 5.97 Å². The van der Waals surface area contributed by atoms with Crippen LogP contribution in [0.4, 0.5) is 8.78 Å². The molecular weight excluding hydrogens is 362 g/mol. The number of hydrogen-bond acceptors (Lipinski definition) is 3. The van der Waals surface area contributed by atoms with E-state index in [-0.39, 0.29) is 40.9 Å². The van der Waals surface area contributed by atoms with Gasteiger partial charge in [-0.2, -0.15) is 0 Å². The number of halogens is 2. The molecule has 0 aromatic carbocycles. The van der Waals surface area contributed by atoms with Crippen molar-refractivity contribution in [3.63, 3.8) is 0 Å². The smallest absolute Gasteiger partial charge is 0.334 e. The van der Waals surface area contributed by atoms with E-state index in [1.807, 2.05) is 0 Å². The molecule has 5 heteroatoms. The van der Waals surface area contributed by atoms with Crippen molar-refractivity contribution in [3.8, 4) is 0 Å². The predicted octanol–water partition coefficient (Wildman–Crippen LogP) is 5.20. The number of hydrogen-bond donors (Lipinski definition) is 1. The van der Waals surface area contributed by atoms with Gasteiger partial charge in [0.1, 0.15) is 0 Å². The van der Waals surface area contributed by atoms with Gasteiger partial charge in [-0.15, -0.1) is 0 Å². The van der Waals surface area contributed by atoms with Crippen molar-refractivity contribution < 1.29 is 23.4 Å². The monoisotopic (exact) mass is 398 g/mol. The third kappa shape index (κ3) is 2.94. The summed E-state index contributed by atoms with van der Waals surface area (Å²) in [6, 6.07) is 0. The summed E-state index contributed by atoms with van der Waals surface area (Å²) in [6.45, 7) is 4.46. The topological polar surface area (TPSA) is 46.5 Å². The summed E-state index contributed by atoms with van der Waals surface area (Å²) < 4.78 is 35.7. The first-order chi connectivity index (χ1) is 13.1. The molecule has 0 radical (unpaired) electrons. The summed E-state index contributed by atoms with van der Waals surface area (Å²) in [4.78, 5) is 11.7. The second-order valence-electron chi connectivity index (χ2n) is 10.7. The largest absolute Gasteiger partial charge is 0.467 e. The van der Waals surface area contributed by atoms with Gasteiger partial charge in [-0.1, -0.05) is 26.7 Å². The Bertz CT molecular complexity index is 623. The molecule has 160 valence electrons. The molecule has 0 bridgehead atoms. The fourth-order valence-corrected chi connectivity index (χ4v) is 8.18. The molecule has 0 aromatic rings. The van der Waals surface area contributed by atoms with E-state index in [9.17, 15) is 9.90 Å². The van der Waals surface area contributed by atoms with Gasteiger partial charge in [-0.25, -0.2) is 13.6 Å². The second kappa shape index (κ2) is 6.92. The van der Waals surface area contributed by atoms with Crippen molar-refractivity contribution in [1.82, 2.24) is 0 Å². The Hall–Kier alpha value is -0.710. The Morgan fingerprint density at radius 1 is 1.07 bits per heavy atom. The molecule has 8 unspecified atom stereocenters. The molecule has 28 heavy (non-hydrogen) atoms. The third-order valence-corrected chi connectivity index (χ3v) is 9.75. The summed E-state index contributed by atoms with van der Waals surface area (Å²) in [7, 11) is 1.28. The van der Waals surface area contributed by atoms with Crippen LogP contribution in [-0.4, -0.2) is 30.2 Å². The number of carbonyl (C=O) groups excluding carboxylic acids is 1. The zero-order chi connectivity index (χ0) is 20.3.